The summed E-state index contributed by atoms with van der Waals surface area (Å²) in [5, 5.41) is 0. The fourth-order valence-electron chi connectivity index (χ4n) is 2.36. The number of hydrogen-bond donors (Lipinski definition) is 0. The molecule has 0 heterocycles. The summed E-state index contributed by atoms with van der Waals surface area (Å²) in [7, 11) is 0. The maximum absolute atomic E-state index is 5.91. The minimum absolute atomic E-state index is 0.424. The predicted octanol–water partition coefficient (Wildman–Crippen LogP) is 3.78. The zero-order valence-corrected chi connectivity index (χ0v) is 9.49. The van der Waals surface area contributed by atoms with Gasteiger partial charge in [-0.2, -0.15) is 0 Å². The molecule has 1 aliphatic carbocycles. The third kappa shape index (κ3) is 3.07. The van der Waals surface area contributed by atoms with Crippen molar-refractivity contribution in [3.8, 4) is 0 Å². The van der Waals surface area contributed by atoms with Crippen LogP contribution in [0.4, 0.5) is 0 Å². The second-order valence-electron chi connectivity index (χ2n) is 4.55. The number of hydrogen-bond acceptors (Lipinski definition) is 1. The maximum Gasteiger partial charge on any atom is 0.0720 e. The van der Waals surface area contributed by atoms with Gasteiger partial charge in [-0.05, 0) is 31.2 Å². The van der Waals surface area contributed by atoms with Crippen LogP contribution in [0.3, 0.4) is 0 Å². The van der Waals surface area contributed by atoms with Crippen molar-refractivity contribution in [1.82, 2.24) is 0 Å². The minimum Gasteiger partial charge on any atom is -0.374 e. The van der Waals surface area contributed by atoms with E-state index in [-0.39, 0.29) is 0 Å². The predicted molar refractivity (Wildman–Crippen MR) is 62.7 cm³/mol. The van der Waals surface area contributed by atoms with Gasteiger partial charge in [0.05, 0.1) is 12.7 Å². The average Bonchev–Trinajstić information content (AvgIpc) is 2.81. The van der Waals surface area contributed by atoms with Crippen LogP contribution in [0.15, 0.2) is 30.3 Å². The highest BCUT2D eigenvalue weighted by Crippen LogP contribution is 2.29. The van der Waals surface area contributed by atoms with Crippen molar-refractivity contribution in [3.05, 3.63) is 35.9 Å². The SMILES string of the molecule is CC(OCc1ccccc1)C1CCCC1. The lowest BCUT2D eigenvalue weighted by Gasteiger charge is -2.19. The molecule has 1 aromatic rings. The lowest BCUT2D eigenvalue weighted by Crippen LogP contribution is -2.17. The van der Waals surface area contributed by atoms with Gasteiger partial charge >= 0.3 is 0 Å². The van der Waals surface area contributed by atoms with Crippen molar-refractivity contribution < 1.29 is 4.74 Å². The van der Waals surface area contributed by atoms with Gasteiger partial charge in [-0.1, -0.05) is 43.2 Å². The number of rotatable bonds is 4. The summed E-state index contributed by atoms with van der Waals surface area (Å²) in [6, 6.07) is 10.4. The third-order valence-corrected chi connectivity index (χ3v) is 3.42. The number of ether oxygens (including phenoxy) is 1. The van der Waals surface area contributed by atoms with E-state index in [0.717, 1.165) is 12.5 Å². The molecule has 1 aliphatic rings. The van der Waals surface area contributed by atoms with Gasteiger partial charge in [0.15, 0.2) is 0 Å². The normalized spacial score (nSPS) is 19.3. The van der Waals surface area contributed by atoms with Gasteiger partial charge < -0.3 is 4.74 Å². The van der Waals surface area contributed by atoms with Gasteiger partial charge in [0.2, 0.25) is 0 Å². The van der Waals surface area contributed by atoms with Crippen molar-refractivity contribution in [2.24, 2.45) is 5.92 Å². The highest BCUT2D eigenvalue weighted by molar-refractivity contribution is 5.13. The quantitative estimate of drug-likeness (QED) is 0.725. The lowest BCUT2D eigenvalue weighted by atomic mass is 10.0. The molecule has 0 saturated heterocycles. The molecule has 0 N–H and O–H groups in total. The highest BCUT2D eigenvalue weighted by atomic mass is 16.5. The molecule has 15 heavy (non-hydrogen) atoms. The summed E-state index contributed by atoms with van der Waals surface area (Å²) in [4.78, 5) is 0. The van der Waals surface area contributed by atoms with Crippen LogP contribution in [0.2, 0.25) is 0 Å². The first-order chi connectivity index (χ1) is 7.36. The van der Waals surface area contributed by atoms with E-state index in [1.807, 2.05) is 6.07 Å². The number of benzene rings is 1. The minimum atomic E-state index is 0.424. The average molecular weight is 204 g/mol. The van der Waals surface area contributed by atoms with E-state index in [4.69, 9.17) is 4.74 Å². The molecule has 0 spiro atoms. The Hall–Kier alpha value is -0.820. The van der Waals surface area contributed by atoms with E-state index in [9.17, 15) is 0 Å². The van der Waals surface area contributed by atoms with Gasteiger partial charge in [-0.15, -0.1) is 0 Å². The van der Waals surface area contributed by atoms with E-state index < -0.39 is 0 Å². The molecular weight excluding hydrogens is 184 g/mol. The lowest BCUT2D eigenvalue weighted by molar-refractivity contribution is 0.0152. The molecule has 1 atom stereocenters. The Balaban J connectivity index is 1.77. The Bertz CT molecular complexity index is 275. The van der Waals surface area contributed by atoms with Crippen LogP contribution in [0, 0.1) is 5.92 Å². The zero-order valence-electron chi connectivity index (χ0n) is 9.49. The second-order valence-corrected chi connectivity index (χ2v) is 4.55. The van der Waals surface area contributed by atoms with Crippen LogP contribution in [0.25, 0.3) is 0 Å². The van der Waals surface area contributed by atoms with Crippen LogP contribution in [0.5, 0.6) is 0 Å². The fourth-order valence-corrected chi connectivity index (χ4v) is 2.36. The van der Waals surface area contributed by atoms with E-state index in [2.05, 4.69) is 31.2 Å². The van der Waals surface area contributed by atoms with Crippen molar-refractivity contribution in [2.45, 2.75) is 45.3 Å². The summed E-state index contributed by atoms with van der Waals surface area (Å²) >= 11 is 0. The zero-order chi connectivity index (χ0) is 10.5. The van der Waals surface area contributed by atoms with Gasteiger partial charge in [0.25, 0.3) is 0 Å². The van der Waals surface area contributed by atoms with Gasteiger partial charge in [-0.3, -0.25) is 0 Å². The Morgan fingerprint density at radius 1 is 1.20 bits per heavy atom. The summed E-state index contributed by atoms with van der Waals surface area (Å²) in [5.41, 5.74) is 1.28. The molecule has 0 bridgehead atoms. The van der Waals surface area contributed by atoms with Crippen molar-refractivity contribution >= 4 is 0 Å². The van der Waals surface area contributed by atoms with E-state index in [1.165, 1.54) is 31.2 Å². The van der Waals surface area contributed by atoms with E-state index in [0.29, 0.717) is 6.10 Å². The molecule has 1 fully saturated rings. The highest BCUT2D eigenvalue weighted by Gasteiger charge is 2.21. The summed E-state index contributed by atoms with van der Waals surface area (Å²) < 4.78 is 5.91. The van der Waals surface area contributed by atoms with Gasteiger partial charge in [0, 0.05) is 0 Å². The van der Waals surface area contributed by atoms with Crippen LogP contribution in [-0.4, -0.2) is 6.10 Å². The Morgan fingerprint density at radius 3 is 2.53 bits per heavy atom. The van der Waals surface area contributed by atoms with Crippen LogP contribution < -0.4 is 0 Å². The van der Waals surface area contributed by atoms with Crippen LogP contribution in [0.1, 0.15) is 38.2 Å². The molecule has 0 amide bonds. The van der Waals surface area contributed by atoms with Crippen LogP contribution in [-0.2, 0) is 11.3 Å². The third-order valence-electron chi connectivity index (χ3n) is 3.42. The Morgan fingerprint density at radius 2 is 1.87 bits per heavy atom. The Labute approximate surface area is 92.5 Å². The topological polar surface area (TPSA) is 9.23 Å². The maximum atomic E-state index is 5.91. The largest absolute Gasteiger partial charge is 0.374 e. The molecule has 1 heteroatoms. The molecule has 0 aromatic heterocycles. The second kappa shape index (κ2) is 5.32. The van der Waals surface area contributed by atoms with Crippen molar-refractivity contribution in [2.75, 3.05) is 0 Å². The van der Waals surface area contributed by atoms with Gasteiger partial charge in [-0.25, -0.2) is 0 Å². The molecule has 82 valence electrons. The molecule has 1 unspecified atom stereocenters. The fraction of sp³-hybridized carbons (Fsp3) is 0.571. The van der Waals surface area contributed by atoms with E-state index in [1.54, 1.807) is 0 Å². The molecular formula is C14H20O. The van der Waals surface area contributed by atoms with E-state index >= 15 is 0 Å². The van der Waals surface area contributed by atoms with Crippen molar-refractivity contribution in [1.29, 1.82) is 0 Å². The molecule has 2 rings (SSSR count). The first-order valence-corrected chi connectivity index (χ1v) is 6.02. The monoisotopic (exact) mass is 204 g/mol. The van der Waals surface area contributed by atoms with Crippen molar-refractivity contribution in [3.63, 3.8) is 0 Å². The summed E-state index contributed by atoms with van der Waals surface area (Å²) in [5.74, 6) is 0.800. The molecule has 1 aromatic carbocycles. The molecule has 0 aliphatic heterocycles. The van der Waals surface area contributed by atoms with Crippen LogP contribution >= 0.6 is 0 Å². The summed E-state index contributed by atoms with van der Waals surface area (Å²) in [6.07, 6.45) is 5.92. The molecule has 1 saturated carbocycles. The first kappa shape index (κ1) is 10.7. The van der Waals surface area contributed by atoms with Gasteiger partial charge in [0.1, 0.15) is 0 Å². The summed E-state index contributed by atoms with van der Waals surface area (Å²) in [6.45, 7) is 2.98. The smallest absolute Gasteiger partial charge is 0.0720 e. The first-order valence-electron chi connectivity index (χ1n) is 6.02. The molecule has 1 nitrogen and oxygen atoms in total. The standard InChI is InChI=1S/C14H20O/c1-12(14-9-5-6-10-14)15-11-13-7-3-2-4-8-13/h2-4,7-8,12,14H,5-6,9-11H2,1H3. The Kier molecular flexibility index (Phi) is 3.79. The molecule has 0 radical (unpaired) electrons.